The molecule has 62 valence electrons. The van der Waals surface area contributed by atoms with E-state index < -0.39 is 13.9 Å². The van der Waals surface area contributed by atoms with Gasteiger partial charge in [-0.05, 0) is 20.3 Å². The molecule has 1 atom stereocenters. The molecule has 0 bridgehead atoms. The van der Waals surface area contributed by atoms with Crippen LogP contribution >= 0.6 is 8.25 Å². The summed E-state index contributed by atoms with van der Waals surface area (Å²) in [7, 11) is -2.76. The molecule has 0 saturated carbocycles. The lowest BCUT2D eigenvalue weighted by atomic mass is 10.0. The first-order chi connectivity index (χ1) is 4.48. The second-order valence-electron chi connectivity index (χ2n) is 2.88. The Morgan fingerprint density at radius 1 is 1.60 bits per heavy atom. The first-order valence-corrected chi connectivity index (χ1v) is 4.66. The highest BCUT2D eigenvalue weighted by atomic mass is 31.1. The summed E-state index contributed by atoms with van der Waals surface area (Å²) in [6, 6.07) is 0. The SMILES string of the molecule is CCCC(C)(C)O[PH](=O)O. The Balaban J connectivity index is 3.74. The van der Waals surface area contributed by atoms with Crippen molar-refractivity contribution in [3.05, 3.63) is 0 Å². The zero-order valence-corrected chi connectivity index (χ0v) is 7.68. The molecule has 0 aromatic rings. The highest BCUT2D eigenvalue weighted by molar-refractivity contribution is 7.32. The lowest BCUT2D eigenvalue weighted by Gasteiger charge is -2.21. The van der Waals surface area contributed by atoms with E-state index in [9.17, 15) is 4.57 Å². The van der Waals surface area contributed by atoms with Crippen LogP contribution in [0.25, 0.3) is 0 Å². The first kappa shape index (κ1) is 10.2. The lowest BCUT2D eigenvalue weighted by Crippen LogP contribution is -2.20. The lowest BCUT2D eigenvalue weighted by molar-refractivity contribution is 0.0933. The Morgan fingerprint density at radius 3 is 2.40 bits per heavy atom. The minimum absolute atomic E-state index is 0.445. The van der Waals surface area contributed by atoms with Crippen LogP contribution in [0.4, 0.5) is 0 Å². The van der Waals surface area contributed by atoms with Crippen LogP contribution in [0.1, 0.15) is 33.6 Å². The molecule has 0 aromatic heterocycles. The Bertz CT molecular complexity index is 122. The summed E-state index contributed by atoms with van der Waals surface area (Å²) in [6.45, 7) is 5.64. The molecule has 3 nitrogen and oxygen atoms in total. The fourth-order valence-electron chi connectivity index (χ4n) is 0.889. The molecule has 10 heavy (non-hydrogen) atoms. The zero-order valence-electron chi connectivity index (χ0n) is 6.68. The molecule has 0 radical (unpaired) electrons. The second-order valence-corrected chi connectivity index (χ2v) is 3.61. The molecule has 0 aliphatic carbocycles. The fraction of sp³-hybridized carbons (Fsp3) is 1.00. The summed E-state index contributed by atoms with van der Waals surface area (Å²) in [5, 5.41) is 0. The monoisotopic (exact) mass is 166 g/mol. The molecule has 0 amide bonds. The van der Waals surface area contributed by atoms with Gasteiger partial charge in [0.15, 0.2) is 0 Å². The van der Waals surface area contributed by atoms with E-state index in [2.05, 4.69) is 0 Å². The van der Waals surface area contributed by atoms with Crippen molar-refractivity contribution in [1.29, 1.82) is 0 Å². The first-order valence-electron chi connectivity index (χ1n) is 3.40. The van der Waals surface area contributed by atoms with Gasteiger partial charge in [-0.3, -0.25) is 4.57 Å². The summed E-state index contributed by atoms with van der Waals surface area (Å²) in [4.78, 5) is 8.44. The van der Waals surface area contributed by atoms with Crippen molar-refractivity contribution in [2.24, 2.45) is 0 Å². The molecule has 0 aromatic carbocycles. The Hall–Kier alpha value is 0.150. The van der Waals surface area contributed by atoms with E-state index in [1.54, 1.807) is 0 Å². The van der Waals surface area contributed by atoms with Crippen molar-refractivity contribution in [2.45, 2.75) is 39.2 Å². The van der Waals surface area contributed by atoms with Crippen molar-refractivity contribution in [3.8, 4) is 0 Å². The summed E-state index contributed by atoms with van der Waals surface area (Å²) < 4.78 is 15.0. The maximum Gasteiger partial charge on any atom is 0.317 e. The minimum Gasteiger partial charge on any atom is -0.326 e. The number of hydrogen-bond donors (Lipinski definition) is 1. The smallest absolute Gasteiger partial charge is 0.317 e. The van der Waals surface area contributed by atoms with E-state index in [0.29, 0.717) is 0 Å². The summed E-state index contributed by atoms with van der Waals surface area (Å²) in [5.41, 5.74) is -0.445. The van der Waals surface area contributed by atoms with E-state index in [-0.39, 0.29) is 0 Å². The zero-order chi connectivity index (χ0) is 8.20. The molecule has 0 fully saturated rings. The Kier molecular flexibility index (Phi) is 4.18. The van der Waals surface area contributed by atoms with E-state index in [1.807, 2.05) is 20.8 Å². The Labute approximate surface area is 62.3 Å². The third kappa shape index (κ3) is 4.98. The molecule has 0 heterocycles. The van der Waals surface area contributed by atoms with Crippen LogP contribution in [0.15, 0.2) is 0 Å². The van der Waals surface area contributed by atoms with Gasteiger partial charge in [-0.2, -0.15) is 0 Å². The largest absolute Gasteiger partial charge is 0.326 e. The van der Waals surface area contributed by atoms with Crippen molar-refractivity contribution >= 4 is 8.25 Å². The quantitative estimate of drug-likeness (QED) is 0.649. The van der Waals surface area contributed by atoms with Crippen molar-refractivity contribution in [2.75, 3.05) is 0 Å². The molecule has 0 spiro atoms. The van der Waals surface area contributed by atoms with Gasteiger partial charge in [-0.15, -0.1) is 0 Å². The molecular formula is C6H15O3P. The minimum atomic E-state index is -2.76. The highest BCUT2D eigenvalue weighted by Crippen LogP contribution is 2.28. The molecule has 1 unspecified atom stereocenters. The van der Waals surface area contributed by atoms with Gasteiger partial charge in [-0.25, -0.2) is 0 Å². The summed E-state index contributed by atoms with van der Waals surface area (Å²) >= 11 is 0. The average Bonchev–Trinajstić information content (AvgIpc) is 1.59. The van der Waals surface area contributed by atoms with Crippen LogP contribution in [0, 0.1) is 0 Å². The molecule has 0 rings (SSSR count). The standard InChI is InChI=1S/C6H15O3P/c1-4-5-6(2,3)9-10(7)8/h10H,4-5H2,1-3H3,(H,7,8). The predicted octanol–water partition coefficient (Wildman–Crippen LogP) is 1.96. The van der Waals surface area contributed by atoms with Gasteiger partial charge in [0.2, 0.25) is 0 Å². The second kappa shape index (κ2) is 4.12. The van der Waals surface area contributed by atoms with Gasteiger partial charge in [0.1, 0.15) is 0 Å². The van der Waals surface area contributed by atoms with E-state index in [0.717, 1.165) is 12.8 Å². The van der Waals surface area contributed by atoms with Crippen LogP contribution in [0.3, 0.4) is 0 Å². The normalized spacial score (nSPS) is 15.2. The van der Waals surface area contributed by atoms with Gasteiger partial charge in [-0.1, -0.05) is 13.3 Å². The third-order valence-electron chi connectivity index (χ3n) is 1.22. The van der Waals surface area contributed by atoms with Crippen LogP contribution in [-0.2, 0) is 9.09 Å². The highest BCUT2D eigenvalue weighted by Gasteiger charge is 2.18. The van der Waals surface area contributed by atoms with Crippen LogP contribution in [0.2, 0.25) is 0 Å². The Morgan fingerprint density at radius 2 is 2.10 bits per heavy atom. The van der Waals surface area contributed by atoms with Gasteiger partial charge >= 0.3 is 8.25 Å². The van der Waals surface area contributed by atoms with Crippen molar-refractivity contribution < 1.29 is 14.0 Å². The molecule has 0 saturated heterocycles. The maximum absolute atomic E-state index is 10.3. The number of hydrogen-bond acceptors (Lipinski definition) is 2. The number of rotatable bonds is 4. The predicted molar refractivity (Wildman–Crippen MR) is 41.3 cm³/mol. The molecular weight excluding hydrogens is 151 g/mol. The maximum atomic E-state index is 10.3. The van der Waals surface area contributed by atoms with E-state index >= 15 is 0 Å². The van der Waals surface area contributed by atoms with Gasteiger partial charge in [0, 0.05) is 0 Å². The fourth-order valence-corrected chi connectivity index (χ4v) is 1.46. The summed E-state index contributed by atoms with van der Waals surface area (Å²) in [6.07, 6.45) is 1.77. The van der Waals surface area contributed by atoms with Crippen molar-refractivity contribution in [3.63, 3.8) is 0 Å². The molecule has 4 heteroatoms. The van der Waals surface area contributed by atoms with E-state index in [1.165, 1.54) is 0 Å². The topological polar surface area (TPSA) is 46.5 Å². The van der Waals surface area contributed by atoms with Crippen molar-refractivity contribution in [1.82, 2.24) is 0 Å². The third-order valence-corrected chi connectivity index (χ3v) is 1.94. The van der Waals surface area contributed by atoms with Gasteiger partial charge in [0.05, 0.1) is 5.60 Å². The summed E-state index contributed by atoms with van der Waals surface area (Å²) in [5.74, 6) is 0. The van der Waals surface area contributed by atoms with E-state index in [4.69, 9.17) is 9.42 Å². The van der Waals surface area contributed by atoms with Crippen LogP contribution in [-0.4, -0.2) is 10.5 Å². The molecule has 0 aliphatic rings. The van der Waals surface area contributed by atoms with Crippen LogP contribution in [0.5, 0.6) is 0 Å². The average molecular weight is 166 g/mol. The molecule has 0 aliphatic heterocycles. The molecule has 1 N–H and O–H groups in total. The van der Waals surface area contributed by atoms with Gasteiger partial charge in [0.25, 0.3) is 0 Å². The van der Waals surface area contributed by atoms with Crippen LogP contribution < -0.4 is 0 Å². The van der Waals surface area contributed by atoms with Gasteiger partial charge < -0.3 is 9.42 Å².